The molecule has 0 radical (unpaired) electrons. The maximum absolute atomic E-state index is 9.73. The predicted molar refractivity (Wildman–Crippen MR) is 55.4 cm³/mol. The Hall–Kier alpha value is -1.55. The fraction of sp³-hybridized carbons (Fsp3) is 0.625. The van der Waals surface area contributed by atoms with E-state index in [1.807, 2.05) is 0 Å². The van der Waals surface area contributed by atoms with E-state index in [4.69, 9.17) is 21.3 Å². The molecule has 0 unspecified atom stereocenters. The fourth-order valence-corrected chi connectivity index (χ4v) is 1.67. The molecule has 0 aromatic carbocycles. The standard InChI is InChI=1S/C8H13N5O4/c9-7-11-6(12-8(10)13-7)5-4(16)3(15)2(1-14)17-5/h2-5,14-16H,1H2,(H4,9,10,11,12,13)/t2-,3-,4-,5-/m1/s1. The van der Waals surface area contributed by atoms with E-state index < -0.39 is 31.0 Å². The first-order valence-electron chi connectivity index (χ1n) is 4.92. The van der Waals surface area contributed by atoms with Gasteiger partial charge in [-0.2, -0.15) is 15.0 Å². The maximum Gasteiger partial charge on any atom is 0.225 e. The van der Waals surface area contributed by atoms with Crippen LogP contribution in [0.2, 0.25) is 0 Å². The minimum absolute atomic E-state index is 0.0255. The lowest BCUT2D eigenvalue weighted by Gasteiger charge is -2.13. The smallest absolute Gasteiger partial charge is 0.225 e. The molecule has 1 fully saturated rings. The van der Waals surface area contributed by atoms with Crippen molar-refractivity contribution in [2.24, 2.45) is 0 Å². The summed E-state index contributed by atoms with van der Waals surface area (Å²) in [5.41, 5.74) is 10.8. The molecule has 9 nitrogen and oxygen atoms in total. The second kappa shape index (κ2) is 4.37. The van der Waals surface area contributed by atoms with Crippen molar-refractivity contribution in [3.8, 4) is 0 Å². The molecule has 17 heavy (non-hydrogen) atoms. The van der Waals surface area contributed by atoms with Crippen LogP contribution >= 0.6 is 0 Å². The second-order valence-corrected chi connectivity index (χ2v) is 3.67. The molecule has 7 N–H and O–H groups in total. The van der Waals surface area contributed by atoms with E-state index in [0.29, 0.717) is 0 Å². The highest BCUT2D eigenvalue weighted by Gasteiger charge is 2.44. The molecule has 0 saturated carbocycles. The van der Waals surface area contributed by atoms with Gasteiger partial charge in [-0.25, -0.2) is 0 Å². The summed E-state index contributed by atoms with van der Waals surface area (Å²) in [6, 6.07) is 0. The lowest BCUT2D eigenvalue weighted by Crippen LogP contribution is -2.32. The molecule has 1 saturated heterocycles. The summed E-state index contributed by atoms with van der Waals surface area (Å²) >= 11 is 0. The predicted octanol–water partition coefficient (Wildman–Crippen LogP) is -2.81. The van der Waals surface area contributed by atoms with E-state index in [1.165, 1.54) is 0 Å². The number of ether oxygens (including phenoxy) is 1. The van der Waals surface area contributed by atoms with Crippen LogP contribution < -0.4 is 11.5 Å². The summed E-state index contributed by atoms with van der Waals surface area (Å²) in [4.78, 5) is 11.1. The number of hydrogen-bond acceptors (Lipinski definition) is 9. The van der Waals surface area contributed by atoms with Crippen LogP contribution in [-0.2, 0) is 4.74 Å². The van der Waals surface area contributed by atoms with E-state index in [0.717, 1.165) is 0 Å². The zero-order valence-electron chi connectivity index (χ0n) is 8.76. The maximum atomic E-state index is 9.73. The van der Waals surface area contributed by atoms with Gasteiger partial charge in [-0.05, 0) is 0 Å². The van der Waals surface area contributed by atoms with Gasteiger partial charge < -0.3 is 31.5 Å². The number of nitrogens with zero attached hydrogens (tertiary/aromatic N) is 3. The van der Waals surface area contributed by atoms with Crippen molar-refractivity contribution in [2.75, 3.05) is 18.1 Å². The summed E-state index contributed by atoms with van der Waals surface area (Å²) in [7, 11) is 0. The van der Waals surface area contributed by atoms with Crippen molar-refractivity contribution in [1.29, 1.82) is 0 Å². The lowest BCUT2D eigenvalue weighted by atomic mass is 10.1. The molecule has 0 bridgehead atoms. The zero-order valence-corrected chi connectivity index (χ0v) is 8.76. The van der Waals surface area contributed by atoms with Crippen molar-refractivity contribution in [1.82, 2.24) is 15.0 Å². The van der Waals surface area contributed by atoms with Crippen molar-refractivity contribution in [3.05, 3.63) is 5.82 Å². The van der Waals surface area contributed by atoms with Gasteiger partial charge in [0.05, 0.1) is 6.61 Å². The first-order chi connectivity index (χ1) is 8.02. The highest BCUT2D eigenvalue weighted by atomic mass is 16.6. The monoisotopic (exact) mass is 243 g/mol. The van der Waals surface area contributed by atoms with Crippen molar-refractivity contribution < 1.29 is 20.1 Å². The van der Waals surface area contributed by atoms with Gasteiger partial charge in [0.25, 0.3) is 0 Å². The third-order valence-electron chi connectivity index (χ3n) is 2.48. The Morgan fingerprint density at radius 1 is 1.06 bits per heavy atom. The van der Waals surface area contributed by atoms with E-state index in [-0.39, 0.29) is 17.7 Å². The summed E-state index contributed by atoms with van der Waals surface area (Å²) in [5.74, 6) is -0.187. The number of nitrogen functional groups attached to an aromatic ring is 2. The lowest BCUT2D eigenvalue weighted by molar-refractivity contribution is -0.0252. The first-order valence-corrected chi connectivity index (χ1v) is 4.92. The second-order valence-electron chi connectivity index (χ2n) is 3.67. The Labute approximate surface area is 96.1 Å². The molecule has 1 aliphatic rings. The molecular formula is C8H13N5O4. The van der Waals surface area contributed by atoms with Gasteiger partial charge in [0.1, 0.15) is 24.4 Å². The number of anilines is 2. The highest BCUT2D eigenvalue weighted by molar-refractivity contribution is 5.27. The van der Waals surface area contributed by atoms with Crippen LogP contribution in [-0.4, -0.2) is 55.2 Å². The number of rotatable bonds is 2. The fourth-order valence-electron chi connectivity index (χ4n) is 1.67. The van der Waals surface area contributed by atoms with Gasteiger partial charge in [-0.1, -0.05) is 0 Å². The summed E-state index contributed by atoms with van der Waals surface area (Å²) in [5, 5.41) is 28.2. The SMILES string of the molecule is Nc1nc(N)nc([C@@H]2O[C@H](CO)[C@@H](O)[C@H]2O)n1. The molecule has 0 aliphatic carbocycles. The highest BCUT2D eigenvalue weighted by Crippen LogP contribution is 2.31. The van der Waals surface area contributed by atoms with Gasteiger partial charge in [0.2, 0.25) is 11.9 Å². The molecule has 0 spiro atoms. The molecule has 1 aromatic rings. The average molecular weight is 243 g/mol. The van der Waals surface area contributed by atoms with Crippen LogP contribution in [0.25, 0.3) is 0 Å². The molecule has 94 valence electrons. The van der Waals surface area contributed by atoms with E-state index in [9.17, 15) is 10.2 Å². The van der Waals surface area contributed by atoms with E-state index in [1.54, 1.807) is 0 Å². The molecule has 1 aliphatic heterocycles. The van der Waals surface area contributed by atoms with Gasteiger partial charge in [-0.3, -0.25) is 0 Å². The Bertz CT molecular complexity index is 397. The molecule has 0 amide bonds. The van der Waals surface area contributed by atoms with Gasteiger partial charge in [0.15, 0.2) is 5.82 Å². The molecule has 2 heterocycles. The molecule has 9 heteroatoms. The number of hydrogen-bond donors (Lipinski definition) is 5. The summed E-state index contributed by atoms with van der Waals surface area (Å²) in [6.45, 7) is -0.426. The molecular weight excluding hydrogens is 230 g/mol. The largest absolute Gasteiger partial charge is 0.394 e. The Balaban J connectivity index is 2.28. The zero-order chi connectivity index (χ0) is 12.6. The quantitative estimate of drug-likeness (QED) is 0.369. The van der Waals surface area contributed by atoms with E-state index >= 15 is 0 Å². The van der Waals surface area contributed by atoms with Gasteiger partial charge in [0, 0.05) is 0 Å². The number of aliphatic hydroxyl groups excluding tert-OH is 3. The number of nitrogens with two attached hydrogens (primary N) is 2. The van der Waals surface area contributed by atoms with Crippen molar-refractivity contribution in [3.63, 3.8) is 0 Å². The topological polar surface area (TPSA) is 161 Å². The average Bonchev–Trinajstić information content (AvgIpc) is 2.54. The van der Waals surface area contributed by atoms with Gasteiger partial charge >= 0.3 is 0 Å². The third-order valence-corrected chi connectivity index (χ3v) is 2.48. The number of aromatic nitrogens is 3. The molecule has 1 aromatic heterocycles. The van der Waals surface area contributed by atoms with Crippen molar-refractivity contribution in [2.45, 2.75) is 24.4 Å². The van der Waals surface area contributed by atoms with Crippen LogP contribution in [0, 0.1) is 0 Å². The molecule has 4 atom stereocenters. The Kier molecular flexibility index (Phi) is 3.07. The minimum Gasteiger partial charge on any atom is -0.394 e. The Morgan fingerprint density at radius 2 is 1.65 bits per heavy atom. The van der Waals surface area contributed by atoms with Crippen LogP contribution in [0.1, 0.15) is 11.9 Å². The summed E-state index contributed by atoms with van der Waals surface area (Å²) < 4.78 is 5.22. The number of aliphatic hydroxyl groups is 3. The van der Waals surface area contributed by atoms with Crippen LogP contribution in [0.3, 0.4) is 0 Å². The minimum atomic E-state index is -1.26. The van der Waals surface area contributed by atoms with E-state index in [2.05, 4.69) is 15.0 Å². The van der Waals surface area contributed by atoms with Crippen LogP contribution in [0.15, 0.2) is 0 Å². The van der Waals surface area contributed by atoms with Crippen LogP contribution in [0.4, 0.5) is 11.9 Å². The van der Waals surface area contributed by atoms with Crippen LogP contribution in [0.5, 0.6) is 0 Å². The summed E-state index contributed by atoms with van der Waals surface area (Å²) in [6.07, 6.45) is -4.36. The van der Waals surface area contributed by atoms with Crippen molar-refractivity contribution >= 4 is 11.9 Å². The molecule has 2 rings (SSSR count). The normalized spacial score (nSPS) is 32.9. The first kappa shape index (κ1) is 11.9. The third kappa shape index (κ3) is 2.13. The Morgan fingerprint density at radius 3 is 2.12 bits per heavy atom. The van der Waals surface area contributed by atoms with Gasteiger partial charge in [-0.15, -0.1) is 0 Å².